The lowest BCUT2D eigenvalue weighted by molar-refractivity contribution is -0.0459. The van der Waals surface area contributed by atoms with E-state index in [-0.39, 0.29) is 5.60 Å². The lowest BCUT2D eigenvalue weighted by Gasteiger charge is -2.38. The minimum Gasteiger partial charge on any atom is -0.375 e. The molecule has 1 spiro atoms. The summed E-state index contributed by atoms with van der Waals surface area (Å²) in [6.45, 7) is 5.66. The summed E-state index contributed by atoms with van der Waals surface area (Å²) in [6.07, 6.45) is 9.69. The molecule has 108 valence electrons. The fraction of sp³-hybridized carbons (Fsp3) is 1.00. The summed E-state index contributed by atoms with van der Waals surface area (Å²) in [5.74, 6) is 1.89. The summed E-state index contributed by atoms with van der Waals surface area (Å²) in [4.78, 5) is 2.66. The maximum atomic E-state index is 6.16. The summed E-state index contributed by atoms with van der Waals surface area (Å²) in [7, 11) is 0. The van der Waals surface area contributed by atoms with Crippen LogP contribution in [0.4, 0.5) is 0 Å². The highest BCUT2D eigenvalue weighted by Crippen LogP contribution is 2.39. The van der Waals surface area contributed by atoms with Crippen molar-refractivity contribution in [3.05, 3.63) is 0 Å². The van der Waals surface area contributed by atoms with Crippen LogP contribution < -0.4 is 0 Å². The summed E-state index contributed by atoms with van der Waals surface area (Å²) >= 11 is 0. The second kappa shape index (κ2) is 5.01. The Bertz CT molecular complexity index is 317. The van der Waals surface area contributed by atoms with E-state index in [0.717, 1.165) is 31.5 Å². The lowest BCUT2D eigenvalue weighted by Crippen LogP contribution is -2.44. The van der Waals surface area contributed by atoms with Crippen molar-refractivity contribution in [2.45, 2.75) is 56.7 Å². The number of likely N-dealkylation sites (tertiary alicyclic amines) is 1. The smallest absolute Gasteiger partial charge is 0.0836 e. The normalized spacial score (nSPS) is 35.1. The third-order valence-corrected chi connectivity index (χ3v) is 5.42. The first-order chi connectivity index (χ1) is 9.31. The van der Waals surface area contributed by atoms with Gasteiger partial charge in [0.1, 0.15) is 0 Å². The number of ether oxygens (including phenoxy) is 2. The van der Waals surface area contributed by atoms with Gasteiger partial charge in [-0.15, -0.1) is 0 Å². The Morgan fingerprint density at radius 3 is 2.47 bits per heavy atom. The molecular formula is C16H27NO2. The molecule has 2 saturated heterocycles. The molecule has 3 heteroatoms. The first-order valence-electron chi connectivity index (χ1n) is 8.29. The minimum atomic E-state index is 0.175. The third-order valence-electron chi connectivity index (χ3n) is 5.42. The second-order valence-corrected chi connectivity index (χ2v) is 7.34. The molecule has 4 rings (SSSR count). The maximum absolute atomic E-state index is 6.16. The van der Waals surface area contributed by atoms with Crippen molar-refractivity contribution in [2.24, 2.45) is 11.8 Å². The molecule has 0 aromatic rings. The van der Waals surface area contributed by atoms with Crippen LogP contribution in [0.25, 0.3) is 0 Å². The molecule has 0 bridgehead atoms. The molecule has 0 unspecified atom stereocenters. The Kier molecular flexibility index (Phi) is 3.33. The Morgan fingerprint density at radius 2 is 1.79 bits per heavy atom. The van der Waals surface area contributed by atoms with Crippen molar-refractivity contribution in [2.75, 3.05) is 32.8 Å². The van der Waals surface area contributed by atoms with Gasteiger partial charge in [0.15, 0.2) is 0 Å². The molecule has 2 aliphatic carbocycles. The van der Waals surface area contributed by atoms with Gasteiger partial charge in [0.05, 0.1) is 18.3 Å². The van der Waals surface area contributed by atoms with E-state index in [1.54, 1.807) is 0 Å². The zero-order chi connectivity index (χ0) is 12.7. The first-order valence-corrected chi connectivity index (χ1v) is 8.29. The highest BCUT2D eigenvalue weighted by Gasteiger charge is 2.43. The van der Waals surface area contributed by atoms with E-state index in [4.69, 9.17) is 9.47 Å². The number of hydrogen-bond acceptors (Lipinski definition) is 3. The highest BCUT2D eigenvalue weighted by atomic mass is 16.6. The van der Waals surface area contributed by atoms with Crippen molar-refractivity contribution in [1.82, 2.24) is 4.90 Å². The van der Waals surface area contributed by atoms with E-state index < -0.39 is 0 Å². The zero-order valence-electron chi connectivity index (χ0n) is 12.0. The maximum Gasteiger partial charge on any atom is 0.0836 e. The number of nitrogens with zero attached hydrogens (tertiary/aromatic N) is 1. The largest absolute Gasteiger partial charge is 0.375 e. The Morgan fingerprint density at radius 1 is 1.05 bits per heavy atom. The third kappa shape index (κ3) is 3.14. The molecular weight excluding hydrogens is 238 g/mol. The van der Waals surface area contributed by atoms with E-state index in [1.165, 1.54) is 58.2 Å². The summed E-state index contributed by atoms with van der Waals surface area (Å²) in [6, 6.07) is 0. The van der Waals surface area contributed by atoms with Gasteiger partial charge in [-0.3, -0.25) is 0 Å². The fourth-order valence-corrected chi connectivity index (χ4v) is 3.62. The van der Waals surface area contributed by atoms with Crippen molar-refractivity contribution < 1.29 is 9.47 Å². The SMILES string of the molecule is C1CC1CO[C@H]1COC2(CCN(CC3CC3)CC2)C1. The van der Waals surface area contributed by atoms with E-state index in [0.29, 0.717) is 6.10 Å². The first kappa shape index (κ1) is 12.6. The lowest BCUT2D eigenvalue weighted by atomic mass is 9.88. The van der Waals surface area contributed by atoms with Gasteiger partial charge in [-0.25, -0.2) is 0 Å². The minimum absolute atomic E-state index is 0.175. The summed E-state index contributed by atoms with van der Waals surface area (Å²) in [5.41, 5.74) is 0.175. The van der Waals surface area contributed by atoms with Gasteiger partial charge in [-0.1, -0.05) is 0 Å². The predicted molar refractivity (Wildman–Crippen MR) is 74.2 cm³/mol. The summed E-state index contributed by atoms with van der Waals surface area (Å²) in [5, 5.41) is 0. The van der Waals surface area contributed by atoms with Crippen LogP contribution >= 0.6 is 0 Å². The van der Waals surface area contributed by atoms with Gasteiger partial charge >= 0.3 is 0 Å². The van der Waals surface area contributed by atoms with Crippen molar-refractivity contribution in [1.29, 1.82) is 0 Å². The molecule has 0 N–H and O–H groups in total. The fourth-order valence-electron chi connectivity index (χ4n) is 3.62. The Hall–Kier alpha value is -0.120. The average Bonchev–Trinajstić information content (AvgIpc) is 3.33. The van der Waals surface area contributed by atoms with Crippen molar-refractivity contribution in [3.63, 3.8) is 0 Å². The highest BCUT2D eigenvalue weighted by molar-refractivity contribution is 4.95. The van der Waals surface area contributed by atoms with Crippen LogP contribution in [0.5, 0.6) is 0 Å². The number of rotatable bonds is 5. The number of hydrogen-bond donors (Lipinski definition) is 0. The van der Waals surface area contributed by atoms with Crippen LogP contribution in [0.1, 0.15) is 44.9 Å². The predicted octanol–water partition coefficient (Wildman–Crippen LogP) is 2.45. The molecule has 19 heavy (non-hydrogen) atoms. The molecule has 4 fully saturated rings. The Balaban J connectivity index is 1.23. The van der Waals surface area contributed by atoms with Crippen LogP contribution in [-0.4, -0.2) is 49.5 Å². The molecule has 4 aliphatic rings. The monoisotopic (exact) mass is 265 g/mol. The van der Waals surface area contributed by atoms with Crippen LogP contribution in [0.3, 0.4) is 0 Å². The molecule has 1 atom stereocenters. The van der Waals surface area contributed by atoms with E-state index in [9.17, 15) is 0 Å². The van der Waals surface area contributed by atoms with Crippen LogP contribution in [0.2, 0.25) is 0 Å². The summed E-state index contributed by atoms with van der Waals surface area (Å²) < 4.78 is 12.2. The van der Waals surface area contributed by atoms with Gasteiger partial charge in [0, 0.05) is 32.7 Å². The molecule has 0 radical (unpaired) electrons. The van der Waals surface area contributed by atoms with E-state index in [1.807, 2.05) is 0 Å². The average molecular weight is 265 g/mol. The van der Waals surface area contributed by atoms with E-state index >= 15 is 0 Å². The molecule has 3 nitrogen and oxygen atoms in total. The van der Waals surface area contributed by atoms with Crippen LogP contribution in [-0.2, 0) is 9.47 Å². The number of piperidine rings is 1. The van der Waals surface area contributed by atoms with Gasteiger partial charge in [-0.2, -0.15) is 0 Å². The van der Waals surface area contributed by atoms with E-state index in [2.05, 4.69) is 4.90 Å². The Labute approximate surface area is 116 Å². The van der Waals surface area contributed by atoms with Gasteiger partial charge in [-0.05, 0) is 50.4 Å². The quantitative estimate of drug-likeness (QED) is 0.762. The topological polar surface area (TPSA) is 21.7 Å². The molecule has 0 amide bonds. The molecule has 2 heterocycles. The molecule has 0 aromatic heterocycles. The van der Waals surface area contributed by atoms with Crippen molar-refractivity contribution in [3.8, 4) is 0 Å². The van der Waals surface area contributed by atoms with Gasteiger partial charge in [0.2, 0.25) is 0 Å². The molecule has 0 aromatic carbocycles. The second-order valence-electron chi connectivity index (χ2n) is 7.34. The van der Waals surface area contributed by atoms with Crippen LogP contribution in [0.15, 0.2) is 0 Å². The molecule has 2 saturated carbocycles. The van der Waals surface area contributed by atoms with Gasteiger partial charge in [0.25, 0.3) is 0 Å². The van der Waals surface area contributed by atoms with Gasteiger partial charge < -0.3 is 14.4 Å². The zero-order valence-corrected chi connectivity index (χ0v) is 12.0. The van der Waals surface area contributed by atoms with Crippen molar-refractivity contribution >= 4 is 0 Å². The molecule has 2 aliphatic heterocycles. The standard InChI is InChI=1S/C16H27NO2/c1-2-13(1)10-17-7-5-16(6-8-17)9-15(12-19-16)18-11-14-3-4-14/h13-15H,1-12H2/t15-/m1/s1. The van der Waals surface area contributed by atoms with Crippen LogP contribution in [0, 0.1) is 11.8 Å².